The minimum Gasteiger partial charge on any atom is -0.481 e. The highest BCUT2D eigenvalue weighted by Crippen LogP contribution is 2.19. The van der Waals surface area contributed by atoms with Crippen LogP contribution in [0.25, 0.3) is 0 Å². The summed E-state index contributed by atoms with van der Waals surface area (Å²) in [4.78, 5) is 24.2. The first kappa shape index (κ1) is 13.0. The lowest BCUT2D eigenvalue weighted by atomic mass is 9.96. The second-order valence-corrected chi connectivity index (χ2v) is 4.77. The largest absolute Gasteiger partial charge is 0.481 e. The molecule has 0 aromatic heterocycles. The number of aliphatic carboxylic acids is 1. The first-order valence-corrected chi connectivity index (χ1v) is 6.05. The fourth-order valence-electron chi connectivity index (χ4n) is 2.25. The molecule has 0 spiro atoms. The van der Waals surface area contributed by atoms with Gasteiger partial charge in [0, 0.05) is 19.5 Å². The lowest BCUT2D eigenvalue weighted by Crippen LogP contribution is -2.44. The molecule has 0 bridgehead atoms. The molecule has 2 atom stereocenters. The molecule has 1 aliphatic rings. The van der Waals surface area contributed by atoms with Gasteiger partial charge in [-0.05, 0) is 18.8 Å². The monoisotopic (exact) mass is 227 g/mol. The average molecular weight is 227 g/mol. The summed E-state index contributed by atoms with van der Waals surface area (Å²) in [6, 6.07) is 0. The first-order valence-electron chi connectivity index (χ1n) is 6.05. The molecular weight excluding hydrogens is 206 g/mol. The van der Waals surface area contributed by atoms with E-state index in [-0.39, 0.29) is 11.8 Å². The highest BCUT2D eigenvalue weighted by atomic mass is 16.4. The molecule has 0 saturated carbocycles. The fraction of sp³-hybridized carbons (Fsp3) is 0.833. The zero-order valence-corrected chi connectivity index (χ0v) is 10.1. The number of nitrogens with zero attached hydrogens (tertiary/aromatic N) is 1. The van der Waals surface area contributed by atoms with Crippen molar-refractivity contribution in [2.24, 2.45) is 11.8 Å². The highest BCUT2D eigenvalue weighted by molar-refractivity contribution is 5.80. The number of carboxylic acid groups (broad SMARTS) is 1. The topological polar surface area (TPSA) is 57.6 Å². The van der Waals surface area contributed by atoms with Crippen LogP contribution in [0.3, 0.4) is 0 Å². The number of carboxylic acids is 1. The van der Waals surface area contributed by atoms with E-state index in [0.717, 1.165) is 12.8 Å². The first-order chi connectivity index (χ1) is 7.54. The van der Waals surface area contributed by atoms with Crippen molar-refractivity contribution in [3.63, 3.8) is 0 Å². The van der Waals surface area contributed by atoms with Crippen LogP contribution >= 0.6 is 0 Å². The Bertz CT molecular complexity index is 265. The van der Waals surface area contributed by atoms with Gasteiger partial charge in [-0.1, -0.05) is 20.3 Å². The van der Waals surface area contributed by atoms with Crippen LogP contribution in [0.15, 0.2) is 0 Å². The number of piperidine rings is 1. The molecule has 1 N–H and O–H groups in total. The molecule has 0 aliphatic carbocycles. The summed E-state index contributed by atoms with van der Waals surface area (Å²) in [5.74, 6) is -0.575. The Morgan fingerprint density at radius 2 is 2.31 bits per heavy atom. The van der Waals surface area contributed by atoms with Gasteiger partial charge in [0.1, 0.15) is 0 Å². The molecule has 2 unspecified atom stereocenters. The van der Waals surface area contributed by atoms with Gasteiger partial charge in [0.15, 0.2) is 0 Å². The van der Waals surface area contributed by atoms with Crippen molar-refractivity contribution in [1.82, 2.24) is 4.90 Å². The molecule has 1 rings (SSSR count). The number of carbonyl (C=O) groups is 2. The molecule has 1 amide bonds. The molecular formula is C12H21NO3. The summed E-state index contributed by atoms with van der Waals surface area (Å²) in [5, 5.41) is 8.94. The molecule has 16 heavy (non-hydrogen) atoms. The molecule has 1 heterocycles. The van der Waals surface area contributed by atoms with Gasteiger partial charge in [0.25, 0.3) is 0 Å². The Morgan fingerprint density at radius 1 is 1.62 bits per heavy atom. The third-order valence-electron chi connectivity index (χ3n) is 3.16. The number of hydrogen-bond acceptors (Lipinski definition) is 2. The van der Waals surface area contributed by atoms with Gasteiger partial charge in [0.2, 0.25) is 5.91 Å². The van der Waals surface area contributed by atoms with Crippen LogP contribution in [0.4, 0.5) is 0 Å². The molecule has 0 aromatic carbocycles. The molecule has 1 fully saturated rings. The minimum absolute atomic E-state index is 0.112. The Kier molecular flexibility index (Phi) is 4.77. The van der Waals surface area contributed by atoms with E-state index in [1.54, 1.807) is 4.90 Å². The number of amides is 1. The summed E-state index contributed by atoms with van der Waals surface area (Å²) < 4.78 is 0. The quantitative estimate of drug-likeness (QED) is 0.778. The summed E-state index contributed by atoms with van der Waals surface area (Å²) in [5.41, 5.74) is 0. The summed E-state index contributed by atoms with van der Waals surface area (Å²) >= 11 is 0. The normalized spacial score (nSPS) is 23.2. The van der Waals surface area contributed by atoms with E-state index < -0.39 is 5.97 Å². The maximum atomic E-state index is 11.6. The molecule has 1 aliphatic heterocycles. The predicted octanol–water partition coefficient (Wildman–Crippen LogP) is 1.75. The second-order valence-electron chi connectivity index (χ2n) is 4.77. The van der Waals surface area contributed by atoms with Crippen LogP contribution in [-0.4, -0.2) is 35.0 Å². The standard InChI is InChI=1S/C12H21NO3/c1-3-4-9(2)7-13-8-10(12(15)16)5-6-11(13)14/h9-10H,3-8H2,1-2H3,(H,15,16). The zero-order chi connectivity index (χ0) is 12.1. The molecule has 0 radical (unpaired) electrons. The van der Waals surface area contributed by atoms with E-state index in [1.807, 2.05) is 0 Å². The number of carbonyl (C=O) groups excluding carboxylic acids is 1. The maximum absolute atomic E-state index is 11.6. The third kappa shape index (κ3) is 3.51. The zero-order valence-electron chi connectivity index (χ0n) is 10.1. The van der Waals surface area contributed by atoms with Crippen molar-refractivity contribution in [3.05, 3.63) is 0 Å². The minimum atomic E-state index is -0.777. The van der Waals surface area contributed by atoms with Crippen molar-refractivity contribution in [3.8, 4) is 0 Å². The van der Waals surface area contributed by atoms with E-state index in [2.05, 4.69) is 13.8 Å². The van der Waals surface area contributed by atoms with E-state index in [4.69, 9.17) is 5.11 Å². The SMILES string of the molecule is CCCC(C)CN1CC(C(=O)O)CCC1=O. The van der Waals surface area contributed by atoms with Crippen LogP contribution in [0.1, 0.15) is 39.5 Å². The van der Waals surface area contributed by atoms with Crippen molar-refractivity contribution < 1.29 is 14.7 Å². The van der Waals surface area contributed by atoms with E-state index in [0.29, 0.717) is 31.8 Å². The Morgan fingerprint density at radius 3 is 2.88 bits per heavy atom. The Hall–Kier alpha value is -1.06. The van der Waals surface area contributed by atoms with Gasteiger partial charge < -0.3 is 10.0 Å². The molecule has 4 nitrogen and oxygen atoms in total. The van der Waals surface area contributed by atoms with E-state index in [1.165, 1.54) is 0 Å². The van der Waals surface area contributed by atoms with E-state index >= 15 is 0 Å². The van der Waals surface area contributed by atoms with Crippen molar-refractivity contribution >= 4 is 11.9 Å². The molecule has 0 aromatic rings. The lowest BCUT2D eigenvalue weighted by Gasteiger charge is -2.32. The van der Waals surface area contributed by atoms with Gasteiger partial charge in [-0.15, -0.1) is 0 Å². The summed E-state index contributed by atoms with van der Waals surface area (Å²) in [7, 11) is 0. The summed E-state index contributed by atoms with van der Waals surface area (Å²) in [6.45, 7) is 5.33. The van der Waals surface area contributed by atoms with Gasteiger partial charge in [-0.25, -0.2) is 0 Å². The predicted molar refractivity (Wildman–Crippen MR) is 61.0 cm³/mol. The van der Waals surface area contributed by atoms with Crippen molar-refractivity contribution in [2.75, 3.05) is 13.1 Å². The van der Waals surface area contributed by atoms with Gasteiger partial charge in [0.05, 0.1) is 5.92 Å². The lowest BCUT2D eigenvalue weighted by molar-refractivity contribution is -0.147. The Balaban J connectivity index is 2.49. The van der Waals surface area contributed by atoms with E-state index in [9.17, 15) is 9.59 Å². The average Bonchev–Trinajstić information content (AvgIpc) is 2.21. The van der Waals surface area contributed by atoms with Crippen molar-refractivity contribution in [2.45, 2.75) is 39.5 Å². The third-order valence-corrected chi connectivity index (χ3v) is 3.16. The molecule has 1 saturated heterocycles. The van der Waals surface area contributed by atoms with Crippen LogP contribution < -0.4 is 0 Å². The number of hydrogen-bond donors (Lipinski definition) is 1. The van der Waals surface area contributed by atoms with Gasteiger partial charge in [-0.3, -0.25) is 9.59 Å². The van der Waals surface area contributed by atoms with Crippen LogP contribution in [-0.2, 0) is 9.59 Å². The molecule has 4 heteroatoms. The number of rotatable bonds is 5. The Labute approximate surface area is 96.6 Å². The number of likely N-dealkylation sites (tertiary alicyclic amines) is 1. The van der Waals surface area contributed by atoms with Crippen molar-refractivity contribution in [1.29, 1.82) is 0 Å². The summed E-state index contributed by atoms with van der Waals surface area (Å²) in [6.07, 6.45) is 3.07. The second kappa shape index (κ2) is 5.87. The van der Waals surface area contributed by atoms with Crippen LogP contribution in [0, 0.1) is 11.8 Å². The van der Waals surface area contributed by atoms with Gasteiger partial charge in [-0.2, -0.15) is 0 Å². The highest BCUT2D eigenvalue weighted by Gasteiger charge is 2.30. The van der Waals surface area contributed by atoms with Gasteiger partial charge >= 0.3 is 5.97 Å². The maximum Gasteiger partial charge on any atom is 0.308 e. The van der Waals surface area contributed by atoms with Crippen LogP contribution in [0.2, 0.25) is 0 Å². The fourth-order valence-corrected chi connectivity index (χ4v) is 2.25. The van der Waals surface area contributed by atoms with Crippen LogP contribution in [0.5, 0.6) is 0 Å². The molecule has 92 valence electrons. The smallest absolute Gasteiger partial charge is 0.308 e.